The van der Waals surface area contributed by atoms with Crippen LogP contribution in [0, 0.1) is 17.8 Å². The summed E-state index contributed by atoms with van der Waals surface area (Å²) in [5.74, 6) is -2.79. The molecule has 6 rings (SSSR count). The summed E-state index contributed by atoms with van der Waals surface area (Å²) >= 11 is 6.16. The van der Waals surface area contributed by atoms with Crippen molar-refractivity contribution < 1.29 is 24.2 Å². The molecule has 2 saturated heterocycles. The largest absolute Gasteiger partial charge is 0.394 e. The van der Waals surface area contributed by atoms with E-state index in [9.17, 15) is 19.5 Å². The summed E-state index contributed by atoms with van der Waals surface area (Å²) in [5, 5.41) is 11.2. The van der Waals surface area contributed by atoms with E-state index in [0.717, 1.165) is 5.69 Å². The second-order valence-corrected chi connectivity index (χ2v) is 12.5. The van der Waals surface area contributed by atoms with Crippen LogP contribution in [-0.2, 0) is 19.1 Å². The molecule has 4 heterocycles. The van der Waals surface area contributed by atoms with E-state index >= 15 is 0 Å². The number of anilines is 2. The number of amides is 3. The quantitative estimate of drug-likeness (QED) is 0.467. The molecule has 1 unspecified atom stereocenters. The smallest absolute Gasteiger partial charge is 0.253 e. The molecule has 4 aliphatic heterocycles. The number of carbonyl (C=O) groups excluding carboxylic acids is 3. The first-order valence-electron chi connectivity index (χ1n) is 15.1. The zero-order valence-electron chi connectivity index (χ0n) is 24.7. The van der Waals surface area contributed by atoms with E-state index in [1.807, 2.05) is 75.4 Å². The number of carbonyl (C=O) groups is 3. The molecule has 2 aromatic carbocycles. The number of hydrogen-bond donors (Lipinski definition) is 1. The minimum Gasteiger partial charge on any atom is -0.394 e. The third kappa shape index (κ3) is 4.45. The summed E-state index contributed by atoms with van der Waals surface area (Å²) in [6.07, 6.45) is 8.71. The Morgan fingerprint density at radius 2 is 1.51 bits per heavy atom. The van der Waals surface area contributed by atoms with E-state index in [0.29, 0.717) is 30.1 Å². The Bertz CT molecular complexity index is 1460. The van der Waals surface area contributed by atoms with Crippen molar-refractivity contribution in [1.82, 2.24) is 4.90 Å². The number of benzene rings is 2. The zero-order valence-corrected chi connectivity index (χ0v) is 25.5. The summed E-state index contributed by atoms with van der Waals surface area (Å²) in [4.78, 5) is 49.1. The molecule has 0 bridgehead atoms. The molecule has 43 heavy (non-hydrogen) atoms. The molecule has 0 saturated carbocycles. The van der Waals surface area contributed by atoms with E-state index in [1.165, 1.54) is 0 Å². The van der Waals surface area contributed by atoms with E-state index in [1.54, 1.807) is 39.0 Å². The molecule has 0 radical (unpaired) electrons. The Kier molecular flexibility index (Phi) is 7.73. The Labute approximate surface area is 257 Å². The normalized spacial score (nSPS) is 31.4. The summed E-state index contributed by atoms with van der Waals surface area (Å²) in [7, 11) is 0. The Morgan fingerprint density at radius 3 is 2.14 bits per heavy atom. The standard InChI is InChI=1S/C34H38ClN3O5/c1-4-22(3)26(21-39)38-29-32(42)37(25-15-13-23(35)14-16-25)20-10-18-34(29)28(31(38)41)27-30(40)36(24-11-7-6-8-12-24)19-9-17-33(27,5-2)43-34/h6-18,22,26-29,39H,4-5,19-21H2,1-3H3/t22-,26-,27+,28-,29?,33-,34-/m0/s1. The molecular formula is C34H38ClN3O5. The average molecular weight is 604 g/mol. The second kappa shape index (κ2) is 11.2. The molecule has 1 spiro atoms. The Hall–Kier alpha value is -3.46. The van der Waals surface area contributed by atoms with Crippen LogP contribution in [0.15, 0.2) is 78.9 Å². The highest BCUT2D eigenvalue weighted by Crippen LogP contribution is 2.59. The van der Waals surface area contributed by atoms with Crippen molar-refractivity contribution in [2.75, 3.05) is 29.5 Å². The van der Waals surface area contributed by atoms with Gasteiger partial charge in [-0.25, -0.2) is 0 Å². The number of rotatable bonds is 7. The van der Waals surface area contributed by atoms with E-state index in [4.69, 9.17) is 16.3 Å². The number of aliphatic hydroxyl groups is 1. The molecule has 3 amide bonds. The molecule has 9 heteroatoms. The maximum absolute atomic E-state index is 14.8. The molecule has 7 atom stereocenters. The molecule has 4 aliphatic rings. The van der Waals surface area contributed by atoms with Crippen molar-refractivity contribution in [2.45, 2.75) is 56.9 Å². The van der Waals surface area contributed by atoms with Crippen molar-refractivity contribution in [3.8, 4) is 0 Å². The van der Waals surface area contributed by atoms with Gasteiger partial charge in [-0.1, -0.05) is 81.3 Å². The van der Waals surface area contributed by atoms with Crippen LogP contribution in [0.2, 0.25) is 5.02 Å². The topological polar surface area (TPSA) is 90.4 Å². The summed E-state index contributed by atoms with van der Waals surface area (Å²) in [6, 6.07) is 14.7. The van der Waals surface area contributed by atoms with Crippen LogP contribution < -0.4 is 9.80 Å². The van der Waals surface area contributed by atoms with Gasteiger partial charge in [-0.2, -0.15) is 0 Å². The number of fused-ring (bicyclic) bond motifs is 2. The minimum atomic E-state index is -1.41. The lowest BCUT2D eigenvalue weighted by molar-refractivity contribution is -0.150. The monoisotopic (exact) mass is 603 g/mol. The highest BCUT2D eigenvalue weighted by Gasteiger charge is 2.76. The van der Waals surface area contributed by atoms with Crippen molar-refractivity contribution in [3.05, 3.63) is 83.9 Å². The predicted octanol–water partition coefficient (Wildman–Crippen LogP) is 4.61. The van der Waals surface area contributed by atoms with E-state index in [2.05, 4.69) is 0 Å². The fourth-order valence-corrected chi connectivity index (χ4v) is 7.69. The minimum absolute atomic E-state index is 0.102. The van der Waals surface area contributed by atoms with Gasteiger partial charge in [0.1, 0.15) is 11.6 Å². The van der Waals surface area contributed by atoms with Gasteiger partial charge >= 0.3 is 0 Å². The van der Waals surface area contributed by atoms with Crippen LogP contribution in [-0.4, -0.2) is 70.7 Å². The van der Waals surface area contributed by atoms with Crippen molar-refractivity contribution in [2.24, 2.45) is 17.8 Å². The molecular weight excluding hydrogens is 566 g/mol. The average Bonchev–Trinajstić information content (AvgIpc) is 3.31. The van der Waals surface area contributed by atoms with Gasteiger partial charge in [0.2, 0.25) is 11.8 Å². The van der Waals surface area contributed by atoms with Crippen molar-refractivity contribution in [1.29, 1.82) is 0 Å². The Balaban J connectivity index is 1.53. The lowest BCUT2D eigenvalue weighted by Gasteiger charge is -2.42. The maximum Gasteiger partial charge on any atom is 0.253 e. The van der Waals surface area contributed by atoms with Crippen LogP contribution in [0.1, 0.15) is 33.6 Å². The third-order valence-electron chi connectivity index (χ3n) is 9.93. The zero-order chi connectivity index (χ0) is 30.5. The van der Waals surface area contributed by atoms with E-state index < -0.39 is 35.1 Å². The van der Waals surface area contributed by atoms with E-state index in [-0.39, 0.29) is 36.8 Å². The number of ether oxygens (including phenoxy) is 1. The molecule has 8 nitrogen and oxygen atoms in total. The van der Waals surface area contributed by atoms with Crippen molar-refractivity contribution in [3.63, 3.8) is 0 Å². The van der Waals surface area contributed by atoms with Gasteiger partial charge in [0, 0.05) is 29.5 Å². The molecule has 0 aromatic heterocycles. The van der Waals surface area contributed by atoms with Gasteiger partial charge in [0.25, 0.3) is 5.91 Å². The molecule has 2 fully saturated rings. The molecule has 0 aliphatic carbocycles. The number of halogens is 1. The van der Waals surface area contributed by atoms with Crippen LogP contribution in [0.5, 0.6) is 0 Å². The number of para-hydroxylation sites is 1. The first-order valence-corrected chi connectivity index (χ1v) is 15.5. The lowest BCUT2D eigenvalue weighted by atomic mass is 9.73. The van der Waals surface area contributed by atoms with Crippen LogP contribution in [0.25, 0.3) is 0 Å². The number of hydrogen-bond acceptors (Lipinski definition) is 5. The van der Waals surface area contributed by atoms with Gasteiger partial charge in [-0.3, -0.25) is 14.4 Å². The van der Waals surface area contributed by atoms with Gasteiger partial charge in [0.05, 0.1) is 30.1 Å². The third-order valence-corrected chi connectivity index (χ3v) is 10.2. The maximum atomic E-state index is 14.8. The van der Waals surface area contributed by atoms with Gasteiger partial charge in [-0.05, 0) is 48.7 Å². The fraction of sp³-hybridized carbons (Fsp3) is 0.441. The predicted molar refractivity (Wildman–Crippen MR) is 166 cm³/mol. The first kappa shape index (κ1) is 29.6. The fourth-order valence-electron chi connectivity index (χ4n) is 7.56. The lowest BCUT2D eigenvalue weighted by Crippen LogP contribution is -2.60. The summed E-state index contributed by atoms with van der Waals surface area (Å²) in [6.45, 7) is 6.21. The second-order valence-electron chi connectivity index (χ2n) is 12.0. The number of nitrogens with zero attached hydrogens (tertiary/aromatic N) is 3. The highest BCUT2D eigenvalue weighted by molar-refractivity contribution is 6.30. The number of aliphatic hydroxyl groups excluding tert-OH is 1. The highest BCUT2D eigenvalue weighted by atomic mass is 35.5. The SMILES string of the molecule is CC[C@H](C)[C@H](CO)N1C(=O)[C@@H]2[C@@H]3C(=O)N(c4ccccc4)CC=C[C@]3(CC)O[C@@]23C=CCN(c2ccc(Cl)cc2)C(=O)C13. The molecule has 2 aromatic rings. The van der Waals surface area contributed by atoms with Gasteiger partial charge in [0.15, 0.2) is 0 Å². The Morgan fingerprint density at radius 1 is 0.884 bits per heavy atom. The van der Waals surface area contributed by atoms with Gasteiger partial charge in [-0.15, -0.1) is 0 Å². The molecule has 226 valence electrons. The van der Waals surface area contributed by atoms with Crippen molar-refractivity contribution >= 4 is 40.7 Å². The van der Waals surface area contributed by atoms with Crippen LogP contribution in [0.4, 0.5) is 11.4 Å². The molecule has 1 N–H and O–H groups in total. The van der Waals surface area contributed by atoms with Gasteiger partial charge < -0.3 is 24.5 Å². The number of likely N-dealkylation sites (tertiary alicyclic amines) is 1. The summed E-state index contributed by atoms with van der Waals surface area (Å²) < 4.78 is 7.08. The summed E-state index contributed by atoms with van der Waals surface area (Å²) in [5.41, 5.74) is -1.12. The van der Waals surface area contributed by atoms with Crippen LogP contribution in [0.3, 0.4) is 0 Å². The first-order chi connectivity index (χ1) is 20.7. The van der Waals surface area contributed by atoms with Crippen LogP contribution >= 0.6 is 11.6 Å².